The molecule has 0 aliphatic carbocycles. The van der Waals surface area contributed by atoms with Crippen molar-refractivity contribution < 1.29 is 4.74 Å². The van der Waals surface area contributed by atoms with Gasteiger partial charge in [0.2, 0.25) is 0 Å². The second kappa shape index (κ2) is 5.40. The van der Waals surface area contributed by atoms with E-state index < -0.39 is 0 Å². The summed E-state index contributed by atoms with van der Waals surface area (Å²) < 4.78 is 5.69. The lowest BCUT2D eigenvalue weighted by atomic mass is 10.2. The van der Waals surface area contributed by atoms with Gasteiger partial charge in [-0.3, -0.25) is 0 Å². The number of allylic oxidation sites excluding steroid dienone is 1. The molecule has 2 heteroatoms. The van der Waals surface area contributed by atoms with Crippen molar-refractivity contribution in [3.05, 3.63) is 11.6 Å². The summed E-state index contributed by atoms with van der Waals surface area (Å²) in [6.45, 7) is 8.35. The third-order valence-electron chi connectivity index (χ3n) is 2.35. The van der Waals surface area contributed by atoms with Crippen LogP contribution < -0.4 is 5.32 Å². The molecule has 1 aliphatic rings. The average molecular weight is 183 g/mol. The largest absolute Gasteiger partial charge is 0.374 e. The lowest BCUT2D eigenvalue weighted by molar-refractivity contribution is 0.0566. The maximum absolute atomic E-state index is 5.69. The summed E-state index contributed by atoms with van der Waals surface area (Å²) in [6, 6.07) is 0. The molecule has 0 aromatic carbocycles. The van der Waals surface area contributed by atoms with E-state index in [-0.39, 0.29) is 0 Å². The number of rotatable bonds is 4. The maximum atomic E-state index is 5.69. The molecule has 1 saturated heterocycles. The van der Waals surface area contributed by atoms with E-state index in [9.17, 15) is 0 Å². The van der Waals surface area contributed by atoms with Crippen molar-refractivity contribution in [3.63, 3.8) is 0 Å². The van der Waals surface area contributed by atoms with Gasteiger partial charge in [0.15, 0.2) is 0 Å². The quantitative estimate of drug-likeness (QED) is 0.532. The lowest BCUT2D eigenvalue weighted by Gasteiger charge is -2.10. The predicted octanol–water partition coefficient (Wildman–Crippen LogP) is 2.11. The Morgan fingerprint density at radius 3 is 2.77 bits per heavy atom. The number of ether oxygens (including phenoxy) is 1. The van der Waals surface area contributed by atoms with Crippen LogP contribution in [0.15, 0.2) is 11.6 Å². The fraction of sp³-hybridized carbons (Fsp3) is 0.818. The predicted molar refractivity (Wildman–Crippen MR) is 55.9 cm³/mol. The molecule has 13 heavy (non-hydrogen) atoms. The van der Waals surface area contributed by atoms with Crippen molar-refractivity contribution in [3.8, 4) is 0 Å². The molecule has 2 unspecified atom stereocenters. The van der Waals surface area contributed by atoms with E-state index in [0.29, 0.717) is 12.2 Å². The highest BCUT2D eigenvalue weighted by atomic mass is 16.5. The zero-order valence-electron chi connectivity index (χ0n) is 8.97. The van der Waals surface area contributed by atoms with Gasteiger partial charge in [0.25, 0.3) is 0 Å². The molecular weight excluding hydrogens is 162 g/mol. The Morgan fingerprint density at radius 2 is 2.23 bits per heavy atom. The smallest absolute Gasteiger partial charge is 0.0704 e. The molecule has 2 atom stereocenters. The number of nitrogens with one attached hydrogen (secondary N) is 1. The summed E-state index contributed by atoms with van der Waals surface area (Å²) in [6.07, 6.45) is 5.55. The summed E-state index contributed by atoms with van der Waals surface area (Å²) >= 11 is 0. The van der Waals surface area contributed by atoms with Crippen molar-refractivity contribution in [1.82, 2.24) is 5.32 Å². The summed E-state index contributed by atoms with van der Waals surface area (Å²) in [7, 11) is 0. The van der Waals surface area contributed by atoms with Crippen LogP contribution in [-0.2, 0) is 4.74 Å². The molecule has 0 amide bonds. The van der Waals surface area contributed by atoms with Crippen molar-refractivity contribution in [1.29, 1.82) is 0 Å². The SMILES string of the molecule is CC(C)=CCNCC1CCC(C)O1. The summed E-state index contributed by atoms with van der Waals surface area (Å²) in [5.74, 6) is 0. The molecule has 1 aliphatic heterocycles. The van der Waals surface area contributed by atoms with Gasteiger partial charge in [-0.05, 0) is 33.6 Å². The molecule has 0 radical (unpaired) electrons. The zero-order valence-corrected chi connectivity index (χ0v) is 8.97. The monoisotopic (exact) mass is 183 g/mol. The molecule has 0 aromatic rings. The molecule has 1 rings (SSSR count). The molecule has 0 saturated carbocycles. The van der Waals surface area contributed by atoms with Crippen LogP contribution in [0, 0.1) is 0 Å². The Kier molecular flexibility index (Phi) is 4.46. The first kappa shape index (κ1) is 10.7. The van der Waals surface area contributed by atoms with Gasteiger partial charge < -0.3 is 10.1 Å². The van der Waals surface area contributed by atoms with Crippen molar-refractivity contribution >= 4 is 0 Å². The van der Waals surface area contributed by atoms with Crippen molar-refractivity contribution in [2.45, 2.75) is 45.8 Å². The first-order valence-electron chi connectivity index (χ1n) is 5.18. The van der Waals surface area contributed by atoms with E-state index in [1.807, 2.05) is 0 Å². The van der Waals surface area contributed by atoms with Crippen LogP contribution in [0.5, 0.6) is 0 Å². The van der Waals surface area contributed by atoms with Crippen LogP contribution in [-0.4, -0.2) is 25.3 Å². The Labute approximate surface area is 81.4 Å². The van der Waals surface area contributed by atoms with Crippen molar-refractivity contribution in [2.75, 3.05) is 13.1 Å². The van der Waals surface area contributed by atoms with Gasteiger partial charge in [-0.1, -0.05) is 11.6 Å². The fourth-order valence-corrected chi connectivity index (χ4v) is 1.56. The van der Waals surface area contributed by atoms with Crippen LogP contribution >= 0.6 is 0 Å². The van der Waals surface area contributed by atoms with Gasteiger partial charge in [0.05, 0.1) is 12.2 Å². The average Bonchev–Trinajstić information content (AvgIpc) is 2.45. The lowest BCUT2D eigenvalue weighted by Crippen LogP contribution is -2.27. The van der Waals surface area contributed by atoms with Gasteiger partial charge >= 0.3 is 0 Å². The Hall–Kier alpha value is -0.340. The van der Waals surface area contributed by atoms with E-state index in [0.717, 1.165) is 13.1 Å². The van der Waals surface area contributed by atoms with Crippen LogP contribution in [0.1, 0.15) is 33.6 Å². The van der Waals surface area contributed by atoms with Gasteiger partial charge in [0, 0.05) is 13.1 Å². The van der Waals surface area contributed by atoms with E-state index in [1.54, 1.807) is 0 Å². The number of hydrogen-bond donors (Lipinski definition) is 1. The first-order valence-corrected chi connectivity index (χ1v) is 5.18. The molecule has 76 valence electrons. The van der Waals surface area contributed by atoms with Gasteiger partial charge in [-0.25, -0.2) is 0 Å². The molecule has 2 nitrogen and oxygen atoms in total. The Balaban J connectivity index is 2.03. The topological polar surface area (TPSA) is 21.3 Å². The molecule has 1 N–H and O–H groups in total. The van der Waals surface area contributed by atoms with Gasteiger partial charge in [-0.15, -0.1) is 0 Å². The minimum atomic E-state index is 0.445. The van der Waals surface area contributed by atoms with E-state index >= 15 is 0 Å². The summed E-state index contributed by atoms with van der Waals surface area (Å²) in [5, 5.41) is 3.38. The molecule has 0 spiro atoms. The zero-order chi connectivity index (χ0) is 9.68. The molecule has 1 heterocycles. The first-order chi connectivity index (χ1) is 6.18. The van der Waals surface area contributed by atoms with Crippen LogP contribution in [0.2, 0.25) is 0 Å². The minimum absolute atomic E-state index is 0.445. The second-order valence-electron chi connectivity index (χ2n) is 4.09. The fourth-order valence-electron chi connectivity index (χ4n) is 1.56. The Morgan fingerprint density at radius 1 is 1.46 bits per heavy atom. The maximum Gasteiger partial charge on any atom is 0.0704 e. The van der Waals surface area contributed by atoms with Crippen molar-refractivity contribution in [2.24, 2.45) is 0 Å². The third kappa shape index (κ3) is 4.44. The standard InChI is InChI=1S/C11H21NO/c1-9(2)6-7-12-8-11-5-4-10(3)13-11/h6,10-12H,4-5,7-8H2,1-3H3. The van der Waals surface area contributed by atoms with Gasteiger partial charge in [0.1, 0.15) is 0 Å². The highest BCUT2D eigenvalue weighted by Gasteiger charge is 2.20. The molecular formula is C11H21NO. The third-order valence-corrected chi connectivity index (χ3v) is 2.35. The normalized spacial score (nSPS) is 27.6. The second-order valence-corrected chi connectivity index (χ2v) is 4.09. The van der Waals surface area contributed by atoms with E-state index in [4.69, 9.17) is 4.74 Å². The molecule has 1 fully saturated rings. The van der Waals surface area contributed by atoms with Crippen LogP contribution in [0.4, 0.5) is 0 Å². The minimum Gasteiger partial charge on any atom is -0.374 e. The number of hydrogen-bond acceptors (Lipinski definition) is 2. The highest BCUT2D eigenvalue weighted by Crippen LogP contribution is 2.17. The summed E-state index contributed by atoms with van der Waals surface area (Å²) in [4.78, 5) is 0. The highest BCUT2D eigenvalue weighted by molar-refractivity contribution is 4.94. The van der Waals surface area contributed by atoms with E-state index in [1.165, 1.54) is 18.4 Å². The Bertz CT molecular complexity index is 173. The molecule has 0 bridgehead atoms. The van der Waals surface area contributed by atoms with E-state index in [2.05, 4.69) is 32.2 Å². The van der Waals surface area contributed by atoms with Gasteiger partial charge in [-0.2, -0.15) is 0 Å². The van der Waals surface area contributed by atoms with Crippen LogP contribution in [0.25, 0.3) is 0 Å². The molecule has 0 aromatic heterocycles. The summed E-state index contributed by atoms with van der Waals surface area (Å²) in [5.41, 5.74) is 1.37. The van der Waals surface area contributed by atoms with Crippen LogP contribution in [0.3, 0.4) is 0 Å².